The number of aromatic carboxylic acids is 1. The van der Waals surface area contributed by atoms with E-state index < -0.39 is 12.1 Å². The second kappa shape index (κ2) is 5.75. The van der Waals surface area contributed by atoms with E-state index in [0.29, 0.717) is 11.1 Å². The third-order valence-corrected chi connectivity index (χ3v) is 3.22. The Labute approximate surface area is 117 Å². The molecule has 20 heavy (non-hydrogen) atoms. The quantitative estimate of drug-likeness (QED) is 0.898. The number of aliphatic hydroxyl groups excluding tert-OH is 1. The molecule has 2 aromatic carbocycles. The molecule has 2 rings (SSSR count). The summed E-state index contributed by atoms with van der Waals surface area (Å²) in [6.07, 6.45) is -0.980. The molecule has 0 saturated heterocycles. The zero-order valence-corrected chi connectivity index (χ0v) is 11.3. The molecule has 4 nitrogen and oxygen atoms in total. The topological polar surface area (TPSA) is 66.8 Å². The van der Waals surface area contributed by atoms with E-state index in [0.717, 1.165) is 11.3 Å². The van der Waals surface area contributed by atoms with Gasteiger partial charge in [0.2, 0.25) is 0 Å². The van der Waals surface area contributed by atoms with Crippen LogP contribution in [0.25, 0.3) is 0 Å². The van der Waals surface area contributed by atoms with Crippen LogP contribution in [0.2, 0.25) is 0 Å². The molecular formula is C16H16O4. The minimum absolute atomic E-state index is 0.105. The van der Waals surface area contributed by atoms with E-state index in [4.69, 9.17) is 9.84 Å². The van der Waals surface area contributed by atoms with Crippen molar-refractivity contribution in [1.29, 1.82) is 0 Å². The number of carboxylic acids is 1. The molecule has 0 radical (unpaired) electrons. The molecule has 2 N–H and O–H groups in total. The molecule has 1 unspecified atom stereocenters. The zero-order valence-electron chi connectivity index (χ0n) is 11.3. The number of methoxy groups -OCH3 is 1. The fourth-order valence-corrected chi connectivity index (χ4v) is 2.18. The van der Waals surface area contributed by atoms with E-state index >= 15 is 0 Å². The number of hydrogen-bond acceptors (Lipinski definition) is 3. The van der Waals surface area contributed by atoms with Crippen molar-refractivity contribution in [2.75, 3.05) is 7.11 Å². The van der Waals surface area contributed by atoms with Gasteiger partial charge in [0, 0.05) is 0 Å². The fourth-order valence-electron chi connectivity index (χ4n) is 2.18. The molecule has 104 valence electrons. The first-order valence-electron chi connectivity index (χ1n) is 6.19. The minimum atomic E-state index is -1.05. The van der Waals surface area contributed by atoms with Gasteiger partial charge in [-0.3, -0.25) is 0 Å². The van der Waals surface area contributed by atoms with Gasteiger partial charge in [-0.1, -0.05) is 24.3 Å². The first kappa shape index (κ1) is 14.1. The Morgan fingerprint density at radius 3 is 2.50 bits per heavy atom. The molecule has 1 atom stereocenters. The first-order chi connectivity index (χ1) is 9.54. The van der Waals surface area contributed by atoms with E-state index in [-0.39, 0.29) is 5.56 Å². The van der Waals surface area contributed by atoms with Gasteiger partial charge in [0.05, 0.1) is 12.7 Å². The molecular weight excluding hydrogens is 256 g/mol. The lowest BCUT2D eigenvalue weighted by atomic mass is 9.95. The average Bonchev–Trinajstić information content (AvgIpc) is 2.46. The lowest BCUT2D eigenvalue weighted by molar-refractivity contribution is 0.0691. The maximum absolute atomic E-state index is 11.2. The second-order valence-corrected chi connectivity index (χ2v) is 4.52. The van der Waals surface area contributed by atoms with Crippen LogP contribution in [-0.2, 0) is 0 Å². The third-order valence-electron chi connectivity index (χ3n) is 3.22. The lowest BCUT2D eigenvalue weighted by Crippen LogP contribution is -2.08. The molecule has 0 amide bonds. The Bertz CT molecular complexity index is 634. The highest BCUT2D eigenvalue weighted by atomic mass is 16.5. The fraction of sp³-hybridized carbons (Fsp3) is 0.188. The van der Waals surface area contributed by atoms with Crippen molar-refractivity contribution in [2.24, 2.45) is 0 Å². The maximum atomic E-state index is 11.2. The molecule has 0 spiro atoms. The molecule has 2 aromatic rings. The van der Waals surface area contributed by atoms with E-state index in [1.807, 2.05) is 6.92 Å². The van der Waals surface area contributed by atoms with Crippen LogP contribution in [0.3, 0.4) is 0 Å². The van der Waals surface area contributed by atoms with Gasteiger partial charge >= 0.3 is 5.97 Å². The van der Waals surface area contributed by atoms with E-state index in [1.54, 1.807) is 43.5 Å². The number of aryl methyl sites for hydroxylation is 1. The smallest absolute Gasteiger partial charge is 0.336 e. The summed E-state index contributed by atoms with van der Waals surface area (Å²) in [4.78, 5) is 11.2. The monoisotopic (exact) mass is 272 g/mol. The number of rotatable bonds is 4. The Morgan fingerprint density at radius 2 is 1.90 bits per heavy atom. The number of ether oxygens (including phenoxy) is 1. The number of carboxylic acid groups (broad SMARTS) is 1. The Balaban J connectivity index is 2.44. The maximum Gasteiger partial charge on any atom is 0.336 e. The van der Waals surface area contributed by atoms with Crippen molar-refractivity contribution in [3.05, 3.63) is 64.7 Å². The van der Waals surface area contributed by atoms with Crippen LogP contribution in [0.15, 0.2) is 42.5 Å². The lowest BCUT2D eigenvalue weighted by Gasteiger charge is -2.15. The summed E-state index contributed by atoms with van der Waals surface area (Å²) in [6.45, 7) is 1.87. The first-order valence-corrected chi connectivity index (χ1v) is 6.19. The molecule has 0 fully saturated rings. The molecule has 0 bridgehead atoms. The van der Waals surface area contributed by atoms with Crippen molar-refractivity contribution in [1.82, 2.24) is 0 Å². The highest BCUT2D eigenvalue weighted by molar-refractivity contribution is 5.89. The summed E-state index contributed by atoms with van der Waals surface area (Å²) < 4.78 is 5.17. The van der Waals surface area contributed by atoms with Crippen molar-refractivity contribution in [3.63, 3.8) is 0 Å². The summed E-state index contributed by atoms with van der Waals surface area (Å²) in [5, 5.41) is 19.6. The largest absolute Gasteiger partial charge is 0.496 e. The zero-order chi connectivity index (χ0) is 14.7. The van der Waals surface area contributed by atoms with Crippen molar-refractivity contribution >= 4 is 5.97 Å². The van der Waals surface area contributed by atoms with Crippen LogP contribution in [0.5, 0.6) is 5.75 Å². The van der Waals surface area contributed by atoms with Crippen LogP contribution in [0.1, 0.15) is 33.2 Å². The third kappa shape index (κ3) is 2.65. The minimum Gasteiger partial charge on any atom is -0.496 e. The molecule has 0 aliphatic rings. The molecule has 0 heterocycles. The second-order valence-electron chi connectivity index (χ2n) is 4.52. The molecule has 4 heteroatoms. The van der Waals surface area contributed by atoms with Gasteiger partial charge < -0.3 is 14.9 Å². The Hall–Kier alpha value is -2.33. The van der Waals surface area contributed by atoms with Gasteiger partial charge in [0.15, 0.2) is 0 Å². The summed E-state index contributed by atoms with van der Waals surface area (Å²) >= 11 is 0. The van der Waals surface area contributed by atoms with Gasteiger partial charge in [0.25, 0.3) is 0 Å². The Morgan fingerprint density at radius 1 is 1.20 bits per heavy atom. The molecule has 0 aromatic heterocycles. The molecule has 0 aliphatic heterocycles. The summed E-state index contributed by atoms with van der Waals surface area (Å²) in [6, 6.07) is 11.7. The standard InChI is InChI=1S/C16H16O4/c1-10-9-11(7-8-14(10)20-2)15(17)12-5-3-4-6-13(12)16(18)19/h3-9,15,17H,1-2H3,(H,18,19). The summed E-state index contributed by atoms with van der Waals surface area (Å²) in [7, 11) is 1.58. The molecule has 0 aliphatic carbocycles. The SMILES string of the molecule is COc1ccc(C(O)c2ccccc2C(=O)O)cc1C. The number of benzene rings is 2. The van der Waals surface area contributed by atoms with Gasteiger partial charge in [0.1, 0.15) is 11.9 Å². The number of hydrogen-bond donors (Lipinski definition) is 2. The van der Waals surface area contributed by atoms with Crippen LogP contribution < -0.4 is 4.74 Å². The van der Waals surface area contributed by atoms with E-state index in [9.17, 15) is 9.90 Å². The predicted octanol–water partition coefficient (Wildman–Crippen LogP) is 2.78. The van der Waals surface area contributed by atoms with Crippen LogP contribution in [0, 0.1) is 6.92 Å². The van der Waals surface area contributed by atoms with Crippen LogP contribution in [-0.4, -0.2) is 23.3 Å². The average molecular weight is 272 g/mol. The van der Waals surface area contributed by atoms with Gasteiger partial charge in [-0.25, -0.2) is 4.79 Å². The van der Waals surface area contributed by atoms with Crippen molar-refractivity contribution in [3.8, 4) is 5.75 Å². The van der Waals surface area contributed by atoms with E-state index in [1.165, 1.54) is 6.07 Å². The van der Waals surface area contributed by atoms with E-state index in [2.05, 4.69) is 0 Å². The highest BCUT2D eigenvalue weighted by Gasteiger charge is 2.18. The Kier molecular flexibility index (Phi) is 4.05. The van der Waals surface area contributed by atoms with Crippen molar-refractivity contribution < 1.29 is 19.7 Å². The van der Waals surface area contributed by atoms with Crippen LogP contribution >= 0.6 is 0 Å². The van der Waals surface area contributed by atoms with Crippen LogP contribution in [0.4, 0.5) is 0 Å². The van der Waals surface area contributed by atoms with Gasteiger partial charge in [-0.2, -0.15) is 0 Å². The normalized spacial score (nSPS) is 11.9. The number of carbonyl (C=O) groups is 1. The highest BCUT2D eigenvalue weighted by Crippen LogP contribution is 2.28. The van der Waals surface area contributed by atoms with Crippen molar-refractivity contribution in [2.45, 2.75) is 13.0 Å². The van der Waals surface area contributed by atoms with Gasteiger partial charge in [-0.05, 0) is 41.8 Å². The predicted molar refractivity (Wildman–Crippen MR) is 75.2 cm³/mol. The summed E-state index contributed by atoms with van der Waals surface area (Å²) in [5.74, 6) is -0.322. The molecule has 0 saturated carbocycles. The van der Waals surface area contributed by atoms with Gasteiger partial charge in [-0.15, -0.1) is 0 Å². The summed E-state index contributed by atoms with van der Waals surface area (Å²) in [5.41, 5.74) is 2.01. The number of aliphatic hydroxyl groups is 1.